The Morgan fingerprint density at radius 3 is 1.77 bits per heavy atom. The fourth-order valence-corrected chi connectivity index (χ4v) is 12.1. The number of aliphatic hydroxyl groups is 7. The van der Waals surface area contributed by atoms with Crippen molar-refractivity contribution in [3.63, 3.8) is 0 Å². The summed E-state index contributed by atoms with van der Waals surface area (Å²) in [5.41, 5.74) is -1.55. The molecular weight excluding hydrogens is 1090 g/mol. The molecule has 2 aromatic carbocycles. The number of benzene rings is 2. The number of rotatable bonds is 17. The summed E-state index contributed by atoms with van der Waals surface area (Å²) in [4.78, 5) is 53.1. The van der Waals surface area contributed by atoms with Crippen molar-refractivity contribution < 1.29 is 127 Å². The van der Waals surface area contributed by atoms with Gasteiger partial charge < -0.3 is 108 Å². The molecule has 0 saturated carbocycles. The van der Waals surface area contributed by atoms with E-state index in [2.05, 4.69) is 0 Å². The van der Waals surface area contributed by atoms with Crippen molar-refractivity contribution in [2.75, 3.05) is 7.11 Å². The molecule has 0 unspecified atom stereocenters. The molecule has 0 radical (unpaired) electrons. The monoisotopic (exact) mass is 1170 g/mol. The second-order valence-electron chi connectivity index (χ2n) is 22.9. The topological polar surface area (TPSA) is 370 Å². The molecule has 0 aromatic heterocycles. The van der Waals surface area contributed by atoms with E-state index in [0.29, 0.717) is 0 Å². The molecule has 25 atom stereocenters. The lowest BCUT2D eigenvalue weighted by atomic mass is 9.75. The van der Waals surface area contributed by atoms with Crippen LogP contribution in [0.2, 0.25) is 0 Å². The lowest BCUT2D eigenvalue weighted by Crippen LogP contribution is -2.59. The molecule has 26 nitrogen and oxygen atoms in total. The molecule has 460 valence electrons. The number of phenols is 2. The highest BCUT2D eigenvalue weighted by Crippen LogP contribution is 2.48. The van der Waals surface area contributed by atoms with Crippen molar-refractivity contribution in [1.29, 1.82) is 0 Å². The molecule has 5 fully saturated rings. The molecule has 6 aliphatic rings. The first-order chi connectivity index (χ1) is 38.5. The van der Waals surface area contributed by atoms with Crippen molar-refractivity contribution in [3.8, 4) is 17.2 Å². The Hall–Kier alpha value is -4.30. The summed E-state index contributed by atoms with van der Waals surface area (Å²) in [6.07, 6.45) is -27.3. The molecule has 0 bridgehead atoms. The minimum absolute atomic E-state index is 0.0580. The third-order valence-corrected chi connectivity index (χ3v) is 16.4. The lowest BCUT2D eigenvalue weighted by molar-refractivity contribution is -0.334. The Labute approximate surface area is 473 Å². The number of esters is 2. The van der Waals surface area contributed by atoms with Gasteiger partial charge in [0.1, 0.15) is 65.6 Å². The van der Waals surface area contributed by atoms with Gasteiger partial charge in [-0.3, -0.25) is 19.2 Å². The summed E-state index contributed by atoms with van der Waals surface area (Å²) in [7, 11) is 1.17. The number of Topliss-reactive ketones (excluding diaryl/α,β-unsaturated/α-hetero) is 2. The largest absolute Gasteiger partial charge is 0.507 e. The number of phenolic OH excluding ortho intramolecular Hbond substituents is 2. The van der Waals surface area contributed by atoms with E-state index >= 15 is 4.79 Å². The van der Waals surface area contributed by atoms with E-state index in [1.165, 1.54) is 60.8 Å². The highest BCUT2D eigenvalue weighted by Gasteiger charge is 2.52. The molecule has 5 aliphatic heterocycles. The van der Waals surface area contributed by atoms with E-state index in [-0.39, 0.29) is 71.7 Å². The Morgan fingerprint density at radius 2 is 1.21 bits per heavy atom. The number of aliphatic hydroxyl groups excluding tert-OH is 6. The van der Waals surface area contributed by atoms with Gasteiger partial charge >= 0.3 is 11.9 Å². The highest BCUT2D eigenvalue weighted by atomic mass is 16.7. The van der Waals surface area contributed by atoms with E-state index in [9.17, 15) is 60.3 Å². The summed E-state index contributed by atoms with van der Waals surface area (Å²) in [6, 6.07) is 3.01. The SMILES string of the molecule is CO[C@H](C(=O)[C@@H](O)[C@@H](C)O)[C@@H]1Cc2cc3cc(O[C@H]4C[C@@H](O[C@@H]5C[C@@H](O)[C@@H](O)[C@@H](C)O5)[C@@H](OC(C)=O)[C@@H](C)O4)c(C)c(O)c3c(O)c2C(=O)[C@H]1O[C@H]1C[C@@H](O[C@H]2C[C@@H](O[C@H]3C[C@@](C)(O)[C@@H](OC(C)=O)[C@H](C)O3)[C@H](O)[C@@H](C)O2)[C@H](O)[C@@H](C)O1. The number of aromatic hydroxyl groups is 2. The fourth-order valence-electron chi connectivity index (χ4n) is 12.1. The van der Waals surface area contributed by atoms with Crippen LogP contribution in [0.1, 0.15) is 116 Å². The predicted octanol–water partition coefficient (Wildman–Crippen LogP) is 0.892. The van der Waals surface area contributed by atoms with Crippen molar-refractivity contribution >= 4 is 34.3 Å². The minimum atomic E-state index is -1.97. The van der Waals surface area contributed by atoms with Crippen molar-refractivity contribution in [1.82, 2.24) is 0 Å². The quantitative estimate of drug-likeness (QED) is 0.0993. The number of carbonyl (C=O) groups excluding carboxylic acids is 4. The average molecular weight is 1170 g/mol. The predicted molar refractivity (Wildman–Crippen MR) is 278 cm³/mol. The van der Waals surface area contributed by atoms with Crippen LogP contribution in [0.5, 0.6) is 17.2 Å². The van der Waals surface area contributed by atoms with Gasteiger partial charge in [0.25, 0.3) is 0 Å². The van der Waals surface area contributed by atoms with Crippen LogP contribution in [0, 0.1) is 12.8 Å². The van der Waals surface area contributed by atoms with E-state index < -0.39 is 188 Å². The number of hydrogen-bond acceptors (Lipinski definition) is 26. The zero-order valence-electron chi connectivity index (χ0n) is 47.7. The van der Waals surface area contributed by atoms with Crippen LogP contribution in [0.3, 0.4) is 0 Å². The molecule has 0 spiro atoms. The molecule has 5 saturated heterocycles. The number of ether oxygens (including phenoxy) is 13. The number of ketones is 2. The van der Waals surface area contributed by atoms with Crippen LogP contribution in [-0.2, 0) is 77.6 Å². The van der Waals surface area contributed by atoms with Gasteiger partial charge in [-0.1, -0.05) is 0 Å². The molecule has 26 heteroatoms. The maximum atomic E-state index is 15.1. The standard InChI is InChI=1S/C56H80O26/c1-20-33(78-39-18-36(52(25(6)74-39)76-27(8)58)81-37-15-32(60)46(63)22(3)71-37)14-30-12-29-13-31(53(70-11)51(68)45(62)21(2)57)54(50(67)43(29)49(66)42(30)44(20)61)82-40-17-34(47(64)24(5)73-40)79-38-16-35(48(65)23(4)72-38)80-41-19-56(10,69)55(26(7)75-41)77-28(9)59/h12,14,21-26,31-32,34-41,45-48,52-55,57,60-66,69H,13,15-19H2,1-11H3/t21-,22-,23-,24-,25-,26+,31+,32-,34-,35-,36-,37-,38+,39+,40+,41+,45+,46+,47-,48-,52+,53+,54+,55+,56-/m1/s1. The average Bonchev–Trinajstić information content (AvgIpc) is 2.83. The lowest BCUT2D eigenvalue weighted by Gasteiger charge is -2.46. The summed E-state index contributed by atoms with van der Waals surface area (Å²) in [5.74, 6) is -5.41. The van der Waals surface area contributed by atoms with Crippen molar-refractivity contribution in [2.24, 2.45) is 5.92 Å². The van der Waals surface area contributed by atoms with Crippen LogP contribution in [0.25, 0.3) is 10.8 Å². The zero-order chi connectivity index (χ0) is 60.1. The number of carbonyl (C=O) groups is 4. The second kappa shape index (κ2) is 25.7. The molecule has 2 aromatic rings. The van der Waals surface area contributed by atoms with E-state index in [1.54, 1.807) is 27.7 Å². The normalized spacial score (nSPS) is 40.1. The van der Waals surface area contributed by atoms with Gasteiger partial charge in [0.15, 0.2) is 48.9 Å². The van der Waals surface area contributed by atoms with Gasteiger partial charge in [-0.2, -0.15) is 0 Å². The number of methoxy groups -OCH3 is 1. The third kappa shape index (κ3) is 13.5. The third-order valence-electron chi connectivity index (χ3n) is 16.4. The first-order valence-corrected chi connectivity index (χ1v) is 27.8. The fraction of sp³-hybridized carbons (Fsp3) is 0.750. The summed E-state index contributed by atoms with van der Waals surface area (Å²) in [6.45, 7) is 14.6. The van der Waals surface area contributed by atoms with E-state index in [4.69, 9.17) is 61.6 Å². The maximum absolute atomic E-state index is 15.1. The highest BCUT2D eigenvalue weighted by molar-refractivity contribution is 6.11. The Balaban J connectivity index is 1.04. The Kier molecular flexibility index (Phi) is 20.0. The Bertz CT molecular complexity index is 2600. The van der Waals surface area contributed by atoms with Gasteiger partial charge in [-0.25, -0.2) is 0 Å². The molecule has 8 rings (SSSR count). The number of fused-ring (bicyclic) bond motifs is 2. The van der Waals surface area contributed by atoms with Crippen molar-refractivity contribution in [3.05, 3.63) is 28.8 Å². The smallest absolute Gasteiger partial charge is 0.303 e. The van der Waals surface area contributed by atoms with Crippen molar-refractivity contribution in [2.45, 2.75) is 255 Å². The van der Waals surface area contributed by atoms with E-state index in [1.807, 2.05) is 0 Å². The van der Waals surface area contributed by atoms with E-state index in [0.717, 1.165) is 0 Å². The van der Waals surface area contributed by atoms with Gasteiger partial charge in [0.05, 0.1) is 65.9 Å². The first-order valence-electron chi connectivity index (χ1n) is 27.8. The second-order valence-corrected chi connectivity index (χ2v) is 22.9. The van der Waals surface area contributed by atoms with Gasteiger partial charge in [-0.15, -0.1) is 0 Å². The molecule has 0 amide bonds. The molecule has 5 heterocycles. The molecular formula is C56H80O26. The van der Waals surface area contributed by atoms with Crippen LogP contribution in [-0.4, -0.2) is 223 Å². The van der Waals surface area contributed by atoms with Gasteiger partial charge in [0.2, 0.25) is 6.29 Å². The van der Waals surface area contributed by atoms with Gasteiger partial charge in [0, 0.05) is 64.5 Å². The van der Waals surface area contributed by atoms with Crippen LogP contribution < -0.4 is 4.74 Å². The Morgan fingerprint density at radius 1 is 0.683 bits per heavy atom. The van der Waals surface area contributed by atoms with Crippen LogP contribution >= 0.6 is 0 Å². The molecule has 82 heavy (non-hydrogen) atoms. The van der Waals surface area contributed by atoms with Crippen LogP contribution in [0.4, 0.5) is 0 Å². The zero-order valence-corrected chi connectivity index (χ0v) is 47.7. The summed E-state index contributed by atoms with van der Waals surface area (Å²) < 4.78 is 78.3. The molecule has 9 N–H and O–H groups in total. The minimum Gasteiger partial charge on any atom is -0.507 e. The van der Waals surface area contributed by atoms with Crippen LogP contribution in [0.15, 0.2) is 12.1 Å². The first kappa shape index (κ1) is 63.7. The number of hydrogen-bond donors (Lipinski definition) is 9. The molecule has 1 aliphatic carbocycles. The summed E-state index contributed by atoms with van der Waals surface area (Å²) in [5, 5.41) is 99.9. The van der Waals surface area contributed by atoms with Gasteiger partial charge in [-0.05, 0) is 84.9 Å². The summed E-state index contributed by atoms with van der Waals surface area (Å²) >= 11 is 0. The maximum Gasteiger partial charge on any atom is 0.303 e.